The molecular weight excluding hydrogens is 374 g/mol. The Morgan fingerprint density at radius 2 is 1.62 bits per heavy atom. The van der Waals surface area contributed by atoms with Gasteiger partial charge in [0.05, 0.1) is 0 Å². The Kier molecular flexibility index (Phi) is 9.64. The van der Waals surface area contributed by atoms with Crippen LogP contribution in [0.15, 0.2) is 30.3 Å². The average molecular weight is 407 g/mol. The van der Waals surface area contributed by atoms with Crippen molar-refractivity contribution in [3.05, 3.63) is 58.1 Å². The van der Waals surface area contributed by atoms with E-state index in [2.05, 4.69) is 32.9 Å². The number of carbonyl (C=O) groups is 1. The maximum absolute atomic E-state index is 13.1. The van der Waals surface area contributed by atoms with Crippen LogP contribution in [0.25, 0.3) is 0 Å². The van der Waals surface area contributed by atoms with Gasteiger partial charge in [0.2, 0.25) is 0 Å². The minimum atomic E-state index is -0.286. The van der Waals surface area contributed by atoms with E-state index >= 15 is 0 Å². The third kappa shape index (κ3) is 6.97. The Hall–Kier alpha value is -1.10. The van der Waals surface area contributed by atoms with Crippen LogP contribution in [-0.4, -0.2) is 37.3 Å². The van der Waals surface area contributed by atoms with Crippen LogP contribution >= 0.6 is 8.58 Å². The summed E-state index contributed by atoms with van der Waals surface area (Å²) in [4.78, 5) is 13.1. The van der Waals surface area contributed by atoms with Crippen molar-refractivity contribution in [2.75, 3.05) is 6.61 Å². The number of hydrogen-bond donors (Lipinski definition) is 0. The van der Waals surface area contributed by atoms with Crippen LogP contribution in [0.2, 0.25) is 0 Å². The SMILES string of the molecule is CCOC(C)Oc1ccc(PC(=O)c2c(C)cc(C(C)(C)C)cc2C)c(C)c1.[Li]. The second kappa shape index (κ2) is 10.8. The van der Waals surface area contributed by atoms with Gasteiger partial charge in [0.25, 0.3) is 0 Å². The van der Waals surface area contributed by atoms with E-state index < -0.39 is 0 Å². The molecule has 3 nitrogen and oxygen atoms in total. The van der Waals surface area contributed by atoms with Crippen molar-refractivity contribution < 1.29 is 14.3 Å². The van der Waals surface area contributed by atoms with Gasteiger partial charge in [0, 0.05) is 31.0 Å². The Morgan fingerprint density at radius 1 is 1.03 bits per heavy atom. The summed E-state index contributed by atoms with van der Waals surface area (Å²) in [7, 11) is 0.0977. The minimum absolute atomic E-state index is 0. The van der Waals surface area contributed by atoms with Gasteiger partial charge in [-0.05, 0) is 88.3 Å². The van der Waals surface area contributed by atoms with Gasteiger partial charge in [0.1, 0.15) is 5.75 Å². The van der Waals surface area contributed by atoms with Gasteiger partial charge in [-0.2, -0.15) is 0 Å². The molecule has 5 heteroatoms. The molecule has 0 spiro atoms. The summed E-state index contributed by atoms with van der Waals surface area (Å²) in [6, 6.07) is 10.2. The van der Waals surface area contributed by atoms with E-state index in [0.717, 1.165) is 33.3 Å². The standard InChI is InChI=1S/C24H33O3P.Li/c1-9-26-18(5)27-20-10-11-21(15(2)14-20)28-23(25)22-16(3)12-19(13-17(22)4)24(6,7)8;/h10-14,18,28H,9H2,1-8H3;. The maximum Gasteiger partial charge on any atom is 0.196 e. The maximum atomic E-state index is 13.1. The zero-order chi connectivity index (χ0) is 21.1. The van der Waals surface area contributed by atoms with E-state index in [1.54, 1.807) is 0 Å². The molecule has 0 aromatic heterocycles. The van der Waals surface area contributed by atoms with Crippen molar-refractivity contribution in [3.63, 3.8) is 0 Å². The van der Waals surface area contributed by atoms with Gasteiger partial charge in [-0.15, -0.1) is 0 Å². The van der Waals surface area contributed by atoms with Crippen LogP contribution in [0.5, 0.6) is 5.75 Å². The molecule has 0 aliphatic carbocycles. The molecule has 0 amide bonds. The van der Waals surface area contributed by atoms with Gasteiger partial charge in [-0.1, -0.05) is 39.0 Å². The zero-order valence-corrected chi connectivity index (χ0v) is 20.4. The number of benzene rings is 2. The second-order valence-corrected chi connectivity index (χ2v) is 9.55. The normalized spacial score (nSPS) is 12.7. The third-order valence-corrected chi connectivity index (χ3v) is 6.08. The van der Waals surface area contributed by atoms with Gasteiger partial charge in [-0.25, -0.2) is 0 Å². The van der Waals surface area contributed by atoms with Gasteiger partial charge >= 0.3 is 0 Å². The third-order valence-electron chi connectivity index (χ3n) is 4.78. The average Bonchev–Trinajstić information content (AvgIpc) is 2.56. The predicted octanol–water partition coefficient (Wildman–Crippen LogP) is 5.43. The molecule has 0 heterocycles. The molecule has 2 rings (SSSR count). The van der Waals surface area contributed by atoms with E-state index in [9.17, 15) is 4.79 Å². The van der Waals surface area contributed by atoms with E-state index in [1.807, 2.05) is 52.8 Å². The molecule has 153 valence electrons. The monoisotopic (exact) mass is 407 g/mol. The molecule has 29 heavy (non-hydrogen) atoms. The number of hydrogen-bond acceptors (Lipinski definition) is 3. The van der Waals surface area contributed by atoms with Crippen molar-refractivity contribution in [3.8, 4) is 5.75 Å². The molecule has 2 aromatic rings. The fourth-order valence-corrected chi connectivity index (χ4v) is 4.45. The van der Waals surface area contributed by atoms with E-state index in [-0.39, 0.29) is 44.7 Å². The second-order valence-electron chi connectivity index (χ2n) is 8.31. The fourth-order valence-electron chi connectivity index (χ4n) is 3.25. The molecule has 2 atom stereocenters. The van der Waals surface area contributed by atoms with Crippen molar-refractivity contribution in [1.82, 2.24) is 0 Å². The summed E-state index contributed by atoms with van der Waals surface area (Å²) in [6.07, 6.45) is -0.286. The Labute approximate surface area is 189 Å². The van der Waals surface area contributed by atoms with Crippen LogP contribution in [0.3, 0.4) is 0 Å². The summed E-state index contributed by atoms with van der Waals surface area (Å²) in [5, 5.41) is 1.06. The first-order valence-corrected chi connectivity index (χ1v) is 10.8. The first-order chi connectivity index (χ1) is 13.0. The molecule has 0 aliphatic heterocycles. The quantitative estimate of drug-likeness (QED) is 0.349. The molecule has 0 fully saturated rings. The summed E-state index contributed by atoms with van der Waals surface area (Å²) in [5.41, 5.74) is 5.57. The van der Waals surface area contributed by atoms with Crippen LogP contribution in [0.4, 0.5) is 0 Å². The van der Waals surface area contributed by atoms with E-state index in [0.29, 0.717) is 6.61 Å². The van der Waals surface area contributed by atoms with Crippen molar-refractivity contribution in [2.24, 2.45) is 0 Å². The summed E-state index contributed by atoms with van der Waals surface area (Å²) >= 11 is 0. The Bertz CT molecular complexity index is 833. The van der Waals surface area contributed by atoms with Gasteiger partial charge in [0.15, 0.2) is 11.8 Å². The zero-order valence-electron chi connectivity index (χ0n) is 19.4. The van der Waals surface area contributed by atoms with Crippen molar-refractivity contribution in [2.45, 2.75) is 67.1 Å². The molecule has 0 saturated heterocycles. The van der Waals surface area contributed by atoms with Crippen LogP contribution in [-0.2, 0) is 10.2 Å². The molecule has 2 unspecified atom stereocenters. The number of ether oxygens (including phenoxy) is 2. The van der Waals surface area contributed by atoms with E-state index in [4.69, 9.17) is 9.47 Å². The van der Waals surface area contributed by atoms with Crippen LogP contribution in [0.1, 0.15) is 67.2 Å². The van der Waals surface area contributed by atoms with Gasteiger partial charge < -0.3 is 9.47 Å². The summed E-state index contributed by atoms with van der Waals surface area (Å²) in [6.45, 7) is 17.1. The minimum Gasteiger partial charge on any atom is -0.465 e. The molecule has 0 bridgehead atoms. The van der Waals surface area contributed by atoms with Gasteiger partial charge in [-0.3, -0.25) is 4.79 Å². The molecule has 0 aliphatic rings. The summed E-state index contributed by atoms with van der Waals surface area (Å²) < 4.78 is 11.2. The van der Waals surface area contributed by atoms with Crippen molar-refractivity contribution in [1.29, 1.82) is 0 Å². The van der Waals surface area contributed by atoms with Crippen LogP contribution < -0.4 is 10.0 Å². The number of aryl methyl sites for hydroxylation is 3. The topological polar surface area (TPSA) is 35.5 Å². The fraction of sp³-hybridized carbons (Fsp3) is 0.458. The smallest absolute Gasteiger partial charge is 0.196 e. The van der Waals surface area contributed by atoms with E-state index in [1.165, 1.54) is 5.56 Å². The molecule has 0 saturated carbocycles. The molecule has 1 radical (unpaired) electrons. The first kappa shape index (κ1) is 25.9. The molecule has 2 aromatic carbocycles. The van der Waals surface area contributed by atoms with Crippen molar-refractivity contribution >= 4 is 38.3 Å². The van der Waals surface area contributed by atoms with Crippen LogP contribution in [0, 0.1) is 20.8 Å². The first-order valence-electron chi connectivity index (χ1n) is 9.85. The Balaban J connectivity index is 0.00000420. The largest absolute Gasteiger partial charge is 0.465 e. The summed E-state index contributed by atoms with van der Waals surface area (Å²) in [5.74, 6) is 0.765. The molecular formula is C24H33LiO3P. The number of rotatable bonds is 7. The predicted molar refractivity (Wildman–Crippen MR) is 126 cm³/mol. The Morgan fingerprint density at radius 3 is 2.10 bits per heavy atom. The molecule has 0 N–H and O–H groups in total. The number of carbonyl (C=O) groups excluding carboxylic acids is 1.